The van der Waals surface area contributed by atoms with Crippen LogP contribution in [0.5, 0.6) is 0 Å². The molecule has 0 spiro atoms. The summed E-state index contributed by atoms with van der Waals surface area (Å²) in [5.41, 5.74) is 7.41. The van der Waals surface area contributed by atoms with Gasteiger partial charge in [-0.2, -0.15) is 0 Å². The second-order valence-corrected chi connectivity index (χ2v) is 7.13. The van der Waals surface area contributed by atoms with Gasteiger partial charge in [-0.15, -0.1) is 0 Å². The quantitative estimate of drug-likeness (QED) is 0.701. The van der Waals surface area contributed by atoms with E-state index in [9.17, 15) is 14.4 Å². The van der Waals surface area contributed by atoms with E-state index in [2.05, 4.69) is 10.6 Å². The molecule has 2 aromatic rings. The maximum Gasteiger partial charge on any atom is 0.253 e. The van der Waals surface area contributed by atoms with Gasteiger partial charge in [0.25, 0.3) is 5.91 Å². The van der Waals surface area contributed by atoms with Crippen molar-refractivity contribution in [2.45, 2.75) is 25.7 Å². The van der Waals surface area contributed by atoms with Crippen LogP contribution >= 0.6 is 0 Å². The molecule has 0 aliphatic carbocycles. The Labute approximate surface area is 170 Å². The number of anilines is 2. The molecule has 0 aromatic heterocycles. The summed E-state index contributed by atoms with van der Waals surface area (Å²) in [6.45, 7) is 1.58. The van der Waals surface area contributed by atoms with E-state index in [0.717, 1.165) is 38.8 Å². The largest absolute Gasteiger partial charge is 0.376 e. The molecule has 0 unspecified atom stereocenters. The van der Waals surface area contributed by atoms with Gasteiger partial charge in [0.2, 0.25) is 11.8 Å². The summed E-state index contributed by atoms with van der Waals surface area (Å²) in [4.78, 5) is 38.2. The molecule has 1 fully saturated rings. The van der Waals surface area contributed by atoms with Crippen molar-refractivity contribution in [1.82, 2.24) is 4.90 Å². The van der Waals surface area contributed by atoms with Crippen molar-refractivity contribution in [3.05, 3.63) is 59.7 Å². The first-order valence-electron chi connectivity index (χ1n) is 9.86. The maximum atomic E-state index is 12.8. The number of carbonyl (C=O) groups excluding carboxylic acids is 3. The van der Waals surface area contributed by atoms with Crippen LogP contribution in [0.3, 0.4) is 0 Å². The molecule has 0 bridgehead atoms. The highest BCUT2D eigenvalue weighted by Crippen LogP contribution is 2.17. The highest BCUT2D eigenvalue weighted by Gasteiger charge is 2.17. The first-order valence-corrected chi connectivity index (χ1v) is 9.86. The molecule has 1 heterocycles. The number of likely N-dealkylation sites (tertiary alicyclic amines) is 1. The van der Waals surface area contributed by atoms with Crippen molar-refractivity contribution < 1.29 is 14.4 Å². The fourth-order valence-corrected chi connectivity index (χ4v) is 3.36. The Morgan fingerprint density at radius 1 is 0.862 bits per heavy atom. The third-order valence-corrected chi connectivity index (χ3v) is 4.89. The fraction of sp³-hybridized carbons (Fsp3) is 0.318. The molecule has 3 amide bonds. The van der Waals surface area contributed by atoms with Gasteiger partial charge < -0.3 is 21.3 Å². The van der Waals surface area contributed by atoms with E-state index in [0.29, 0.717) is 22.5 Å². The topological polar surface area (TPSA) is 105 Å². The van der Waals surface area contributed by atoms with Gasteiger partial charge in [-0.05, 0) is 49.2 Å². The standard InChI is InChI=1S/C22H26N4O3/c23-21(28)16-7-5-9-18(13-16)24-15-20(27)25-19-10-6-8-17(14-19)22(29)26-11-3-1-2-4-12-26/h5-10,13-14,24H,1-4,11-12,15H2,(H2,23,28)(H,25,27). The van der Waals surface area contributed by atoms with Gasteiger partial charge in [0.05, 0.1) is 6.54 Å². The van der Waals surface area contributed by atoms with Crippen LogP contribution < -0.4 is 16.4 Å². The highest BCUT2D eigenvalue weighted by molar-refractivity contribution is 5.98. The smallest absolute Gasteiger partial charge is 0.253 e. The zero-order valence-corrected chi connectivity index (χ0v) is 16.3. The Hall–Kier alpha value is -3.35. The number of nitrogens with zero attached hydrogens (tertiary/aromatic N) is 1. The molecule has 0 radical (unpaired) electrons. The van der Waals surface area contributed by atoms with Gasteiger partial charge in [-0.25, -0.2) is 0 Å². The number of hydrogen-bond acceptors (Lipinski definition) is 4. The molecule has 152 valence electrons. The third-order valence-electron chi connectivity index (χ3n) is 4.89. The molecule has 7 heteroatoms. The molecular formula is C22H26N4O3. The lowest BCUT2D eigenvalue weighted by molar-refractivity contribution is -0.114. The Morgan fingerprint density at radius 2 is 1.48 bits per heavy atom. The monoisotopic (exact) mass is 394 g/mol. The molecule has 29 heavy (non-hydrogen) atoms. The average molecular weight is 394 g/mol. The van der Waals surface area contributed by atoms with Gasteiger partial charge in [0.15, 0.2) is 0 Å². The summed E-state index contributed by atoms with van der Waals surface area (Å²) in [6.07, 6.45) is 4.39. The van der Waals surface area contributed by atoms with Crippen LogP contribution in [-0.2, 0) is 4.79 Å². The summed E-state index contributed by atoms with van der Waals surface area (Å²) in [5, 5.41) is 5.76. The number of carbonyl (C=O) groups is 3. The van der Waals surface area contributed by atoms with Crippen LogP contribution in [0.25, 0.3) is 0 Å². The summed E-state index contributed by atoms with van der Waals surface area (Å²) >= 11 is 0. The molecular weight excluding hydrogens is 368 g/mol. The molecule has 7 nitrogen and oxygen atoms in total. The van der Waals surface area contributed by atoms with E-state index < -0.39 is 5.91 Å². The summed E-state index contributed by atoms with van der Waals surface area (Å²) < 4.78 is 0. The van der Waals surface area contributed by atoms with Crippen molar-refractivity contribution >= 4 is 29.1 Å². The molecule has 1 saturated heterocycles. The lowest BCUT2D eigenvalue weighted by Gasteiger charge is -2.20. The lowest BCUT2D eigenvalue weighted by Crippen LogP contribution is -2.31. The Kier molecular flexibility index (Phi) is 6.84. The van der Waals surface area contributed by atoms with E-state index in [-0.39, 0.29) is 18.4 Å². The van der Waals surface area contributed by atoms with Gasteiger partial charge in [-0.3, -0.25) is 14.4 Å². The van der Waals surface area contributed by atoms with E-state index in [1.54, 1.807) is 48.5 Å². The Balaban J connectivity index is 1.58. The molecule has 3 rings (SSSR count). The van der Waals surface area contributed by atoms with Gasteiger partial charge >= 0.3 is 0 Å². The second kappa shape index (κ2) is 9.73. The van der Waals surface area contributed by atoms with Crippen LogP contribution in [0.15, 0.2) is 48.5 Å². The number of rotatable bonds is 6. The molecule has 0 atom stereocenters. The summed E-state index contributed by atoms with van der Waals surface area (Å²) in [7, 11) is 0. The molecule has 1 aliphatic heterocycles. The first-order chi connectivity index (χ1) is 14.0. The summed E-state index contributed by atoms with van der Waals surface area (Å²) in [6, 6.07) is 13.7. The lowest BCUT2D eigenvalue weighted by atomic mass is 10.1. The van der Waals surface area contributed by atoms with E-state index >= 15 is 0 Å². The Bertz CT molecular complexity index is 889. The van der Waals surface area contributed by atoms with E-state index in [1.807, 2.05) is 4.90 Å². The normalized spacial score (nSPS) is 14.0. The fourth-order valence-electron chi connectivity index (χ4n) is 3.36. The third kappa shape index (κ3) is 5.81. The number of hydrogen-bond donors (Lipinski definition) is 3. The van der Waals surface area contributed by atoms with Gasteiger partial charge in [0, 0.05) is 35.6 Å². The zero-order chi connectivity index (χ0) is 20.6. The van der Waals surface area contributed by atoms with Crippen molar-refractivity contribution in [2.24, 2.45) is 5.73 Å². The first kappa shape index (κ1) is 20.4. The number of nitrogens with two attached hydrogens (primary N) is 1. The number of amides is 3. The number of nitrogens with one attached hydrogen (secondary N) is 2. The minimum Gasteiger partial charge on any atom is -0.376 e. The maximum absolute atomic E-state index is 12.8. The second-order valence-electron chi connectivity index (χ2n) is 7.13. The predicted molar refractivity (Wildman–Crippen MR) is 113 cm³/mol. The van der Waals surface area contributed by atoms with Crippen LogP contribution in [0.2, 0.25) is 0 Å². The number of benzene rings is 2. The molecule has 2 aromatic carbocycles. The molecule has 4 N–H and O–H groups in total. The van der Waals surface area contributed by atoms with Crippen molar-refractivity contribution in [3.63, 3.8) is 0 Å². The SMILES string of the molecule is NC(=O)c1cccc(NCC(=O)Nc2cccc(C(=O)N3CCCCCC3)c2)c1. The minimum absolute atomic E-state index is 0.00407. The van der Waals surface area contributed by atoms with Crippen molar-refractivity contribution in [2.75, 3.05) is 30.3 Å². The van der Waals surface area contributed by atoms with Crippen LogP contribution in [0, 0.1) is 0 Å². The van der Waals surface area contributed by atoms with E-state index in [1.165, 1.54) is 0 Å². The molecule has 1 aliphatic rings. The van der Waals surface area contributed by atoms with Crippen LogP contribution in [-0.4, -0.2) is 42.3 Å². The van der Waals surface area contributed by atoms with Crippen LogP contribution in [0.1, 0.15) is 46.4 Å². The minimum atomic E-state index is -0.524. The van der Waals surface area contributed by atoms with Gasteiger partial charge in [-0.1, -0.05) is 25.0 Å². The Morgan fingerprint density at radius 3 is 2.17 bits per heavy atom. The zero-order valence-electron chi connectivity index (χ0n) is 16.3. The predicted octanol–water partition coefficient (Wildman–Crippen LogP) is 2.85. The average Bonchev–Trinajstić information content (AvgIpc) is 3.02. The summed E-state index contributed by atoms with van der Waals surface area (Å²) in [5.74, 6) is -0.776. The van der Waals surface area contributed by atoms with Crippen LogP contribution in [0.4, 0.5) is 11.4 Å². The molecule has 0 saturated carbocycles. The highest BCUT2D eigenvalue weighted by atomic mass is 16.2. The van der Waals surface area contributed by atoms with Gasteiger partial charge in [0.1, 0.15) is 0 Å². The van der Waals surface area contributed by atoms with Crippen molar-refractivity contribution in [3.8, 4) is 0 Å². The van der Waals surface area contributed by atoms with E-state index in [4.69, 9.17) is 5.73 Å². The number of primary amides is 1. The van der Waals surface area contributed by atoms with Crippen molar-refractivity contribution in [1.29, 1.82) is 0 Å².